The third-order valence-corrected chi connectivity index (χ3v) is 4.43. The van der Waals surface area contributed by atoms with Crippen molar-refractivity contribution >= 4 is 35.5 Å². The Morgan fingerprint density at radius 3 is 2.64 bits per heavy atom. The summed E-state index contributed by atoms with van der Waals surface area (Å²) in [5.74, 6) is 0.417. The van der Waals surface area contributed by atoms with E-state index in [4.69, 9.17) is 21.6 Å². The number of thioether (sulfide) groups is 1. The number of nitrogens with one attached hydrogen (secondary N) is 1. The number of hydrogen-bond donors (Lipinski definition) is 1. The Hall–Kier alpha value is -2.49. The third-order valence-electron chi connectivity index (χ3n) is 3.07. The summed E-state index contributed by atoms with van der Waals surface area (Å²) in [6, 6.07) is 16.3. The lowest BCUT2D eigenvalue weighted by Crippen LogP contribution is -2.26. The summed E-state index contributed by atoms with van der Waals surface area (Å²) in [4.78, 5) is 13.0. The fourth-order valence-electron chi connectivity index (χ4n) is 1.80. The van der Waals surface area contributed by atoms with Gasteiger partial charge in [0.15, 0.2) is 6.61 Å². The van der Waals surface area contributed by atoms with Crippen molar-refractivity contribution in [1.29, 1.82) is 5.26 Å². The minimum atomic E-state index is -0.292. The molecule has 1 amide bonds. The number of rotatable bonds is 7. The van der Waals surface area contributed by atoms with Gasteiger partial charge in [-0.2, -0.15) is 10.4 Å². The molecule has 0 fully saturated rings. The summed E-state index contributed by atoms with van der Waals surface area (Å²) < 4.78 is 5.16. The maximum Gasteiger partial charge on any atom is 0.253 e. The summed E-state index contributed by atoms with van der Waals surface area (Å²) in [6.45, 7) is 1.82. The van der Waals surface area contributed by atoms with Crippen LogP contribution in [0.1, 0.15) is 12.5 Å². The molecule has 2 aromatic carbocycles. The zero-order valence-corrected chi connectivity index (χ0v) is 15.1. The van der Waals surface area contributed by atoms with Crippen molar-refractivity contribution in [2.75, 3.05) is 6.61 Å². The number of hydrogen-bond acceptors (Lipinski definition) is 5. The Morgan fingerprint density at radius 1 is 1.32 bits per heavy atom. The first-order chi connectivity index (χ1) is 12.1. The molecule has 0 spiro atoms. The lowest BCUT2D eigenvalue weighted by atomic mass is 10.2. The minimum Gasteiger partial charge on any atom is -0.479 e. The van der Waals surface area contributed by atoms with Crippen molar-refractivity contribution in [1.82, 2.24) is 5.43 Å². The molecule has 7 heteroatoms. The van der Waals surface area contributed by atoms with Crippen LogP contribution in [0.3, 0.4) is 0 Å². The highest BCUT2D eigenvalue weighted by molar-refractivity contribution is 8.00. The van der Waals surface area contributed by atoms with Crippen molar-refractivity contribution in [2.45, 2.75) is 17.1 Å². The van der Waals surface area contributed by atoms with Gasteiger partial charge in [0.05, 0.1) is 11.5 Å². The molecule has 0 unspecified atom stereocenters. The van der Waals surface area contributed by atoms with Gasteiger partial charge >= 0.3 is 0 Å². The van der Waals surface area contributed by atoms with Crippen LogP contribution in [0, 0.1) is 11.3 Å². The normalized spacial score (nSPS) is 11.7. The van der Waals surface area contributed by atoms with Gasteiger partial charge in [0.2, 0.25) is 0 Å². The number of hydrazone groups is 1. The second-order valence-corrected chi connectivity index (χ2v) is 6.81. The van der Waals surface area contributed by atoms with Crippen LogP contribution in [-0.4, -0.2) is 24.0 Å². The van der Waals surface area contributed by atoms with E-state index in [0.717, 1.165) is 10.5 Å². The quantitative estimate of drug-likeness (QED) is 0.454. The van der Waals surface area contributed by atoms with E-state index in [-0.39, 0.29) is 17.8 Å². The molecule has 25 heavy (non-hydrogen) atoms. The second kappa shape index (κ2) is 9.72. The molecule has 0 saturated heterocycles. The molecule has 0 aromatic heterocycles. The van der Waals surface area contributed by atoms with E-state index in [9.17, 15) is 4.79 Å². The minimum absolute atomic E-state index is 0.00662. The van der Waals surface area contributed by atoms with Gasteiger partial charge in [0, 0.05) is 9.92 Å². The molecule has 1 atom stereocenters. The highest BCUT2D eigenvalue weighted by atomic mass is 35.5. The summed E-state index contributed by atoms with van der Waals surface area (Å²) in [5, 5.41) is 12.8. The summed E-state index contributed by atoms with van der Waals surface area (Å²) in [6.07, 6.45) is 1.55. The largest absolute Gasteiger partial charge is 0.479 e. The van der Waals surface area contributed by atoms with E-state index in [2.05, 4.69) is 10.5 Å². The van der Waals surface area contributed by atoms with Crippen molar-refractivity contribution in [3.05, 3.63) is 59.1 Å². The van der Waals surface area contributed by atoms with Crippen LogP contribution >= 0.6 is 23.4 Å². The Balaban J connectivity index is 1.82. The topological polar surface area (TPSA) is 74.5 Å². The van der Waals surface area contributed by atoms with E-state index in [1.807, 2.05) is 25.1 Å². The van der Waals surface area contributed by atoms with Crippen LogP contribution in [0.2, 0.25) is 5.02 Å². The molecule has 2 aromatic rings. The van der Waals surface area contributed by atoms with E-state index in [1.54, 1.807) is 42.6 Å². The lowest BCUT2D eigenvalue weighted by Gasteiger charge is -2.09. The first-order valence-corrected chi connectivity index (χ1v) is 8.69. The highest BCUT2D eigenvalue weighted by Gasteiger charge is 2.13. The molecule has 0 aliphatic heterocycles. The molecule has 0 aliphatic carbocycles. The number of ether oxygens (including phenoxy) is 1. The number of benzene rings is 2. The lowest BCUT2D eigenvalue weighted by molar-refractivity contribution is -0.120. The van der Waals surface area contributed by atoms with Gasteiger partial charge in [-0.25, -0.2) is 5.43 Å². The van der Waals surface area contributed by atoms with Crippen molar-refractivity contribution < 1.29 is 9.53 Å². The second-order valence-electron chi connectivity index (χ2n) is 4.96. The first-order valence-electron chi connectivity index (χ1n) is 7.43. The van der Waals surface area contributed by atoms with Gasteiger partial charge in [0.25, 0.3) is 5.91 Å². The monoisotopic (exact) mass is 373 g/mol. The molecule has 0 radical (unpaired) electrons. The van der Waals surface area contributed by atoms with Gasteiger partial charge in [-0.1, -0.05) is 11.6 Å². The van der Waals surface area contributed by atoms with Crippen LogP contribution in [-0.2, 0) is 4.79 Å². The van der Waals surface area contributed by atoms with Crippen molar-refractivity contribution in [3.63, 3.8) is 0 Å². The smallest absolute Gasteiger partial charge is 0.253 e. The molecule has 5 nitrogen and oxygen atoms in total. The number of halogens is 1. The van der Waals surface area contributed by atoms with Crippen LogP contribution in [0.25, 0.3) is 0 Å². The Kier molecular flexibility index (Phi) is 7.33. The number of nitriles is 1. The van der Waals surface area contributed by atoms with Crippen LogP contribution in [0.5, 0.6) is 5.75 Å². The van der Waals surface area contributed by atoms with Gasteiger partial charge in [-0.05, 0) is 61.0 Å². The van der Waals surface area contributed by atoms with E-state index in [1.165, 1.54) is 11.8 Å². The van der Waals surface area contributed by atoms with Crippen LogP contribution in [0.4, 0.5) is 0 Å². The molecule has 0 bridgehead atoms. The zero-order chi connectivity index (χ0) is 18.1. The fraction of sp³-hybridized carbons (Fsp3) is 0.167. The molecule has 128 valence electrons. The molecular weight excluding hydrogens is 358 g/mol. The van der Waals surface area contributed by atoms with E-state index >= 15 is 0 Å². The number of nitrogens with zero attached hydrogens (tertiary/aromatic N) is 2. The highest BCUT2D eigenvalue weighted by Crippen LogP contribution is 2.24. The summed E-state index contributed by atoms with van der Waals surface area (Å²) >= 11 is 7.27. The zero-order valence-electron chi connectivity index (χ0n) is 13.5. The van der Waals surface area contributed by atoms with Gasteiger partial charge in [-0.3, -0.25) is 4.79 Å². The van der Waals surface area contributed by atoms with Gasteiger partial charge in [-0.15, -0.1) is 11.8 Å². The van der Waals surface area contributed by atoms with Gasteiger partial charge < -0.3 is 4.74 Å². The predicted molar refractivity (Wildman–Crippen MR) is 100 cm³/mol. The molecular formula is C18H16ClN3O2S. The maximum atomic E-state index is 12.1. The predicted octanol–water partition coefficient (Wildman–Crippen LogP) is 3.87. The number of carbonyl (C=O) groups is 1. The molecule has 1 N–H and O–H groups in total. The van der Waals surface area contributed by atoms with E-state index < -0.39 is 0 Å². The standard InChI is InChI=1S/C18H16ClN3O2S/c1-13(25-17-8-4-15(19)5-9-17)18(23)22-21-12-14-2-6-16(7-3-14)24-11-10-20/h2-9,12-13H,11H2,1H3,(H,22,23)/b21-12-/t13-/m1/s1. The number of carbonyl (C=O) groups excluding carboxylic acids is 1. The van der Waals surface area contributed by atoms with E-state index in [0.29, 0.717) is 10.8 Å². The maximum absolute atomic E-state index is 12.1. The first kappa shape index (κ1) is 18.8. The average Bonchev–Trinajstić information content (AvgIpc) is 2.62. The molecule has 0 saturated carbocycles. The Bertz CT molecular complexity index is 770. The fourth-order valence-corrected chi connectivity index (χ4v) is 2.79. The molecule has 0 heterocycles. The third kappa shape index (κ3) is 6.49. The summed E-state index contributed by atoms with van der Waals surface area (Å²) in [7, 11) is 0. The average molecular weight is 374 g/mol. The molecule has 0 aliphatic rings. The molecule has 2 rings (SSSR count). The Morgan fingerprint density at radius 2 is 2.00 bits per heavy atom. The SMILES string of the molecule is C[C@@H](Sc1ccc(Cl)cc1)C(=O)N/N=C\c1ccc(OCC#N)cc1. The van der Waals surface area contributed by atoms with Gasteiger partial charge in [0.1, 0.15) is 11.8 Å². The number of amides is 1. The van der Waals surface area contributed by atoms with Crippen LogP contribution < -0.4 is 10.2 Å². The van der Waals surface area contributed by atoms with Crippen molar-refractivity contribution in [3.8, 4) is 11.8 Å². The van der Waals surface area contributed by atoms with Crippen molar-refractivity contribution in [2.24, 2.45) is 5.10 Å². The Labute approximate surface area is 155 Å². The van der Waals surface area contributed by atoms with Crippen LogP contribution in [0.15, 0.2) is 58.5 Å². The summed E-state index contributed by atoms with van der Waals surface area (Å²) in [5.41, 5.74) is 3.33.